The van der Waals surface area contributed by atoms with Crippen molar-refractivity contribution in [3.05, 3.63) is 59.7 Å². The van der Waals surface area contributed by atoms with Gasteiger partial charge in [-0.1, -0.05) is 32.0 Å². The summed E-state index contributed by atoms with van der Waals surface area (Å²) in [6.07, 6.45) is -3.46. The molecule has 2 aromatic rings. The van der Waals surface area contributed by atoms with Crippen molar-refractivity contribution >= 4 is 12.7 Å². The summed E-state index contributed by atoms with van der Waals surface area (Å²) in [4.78, 5) is 22.5. The molecule has 1 aliphatic rings. The van der Waals surface area contributed by atoms with Gasteiger partial charge < -0.3 is 19.2 Å². The molecule has 0 radical (unpaired) electrons. The molecule has 1 fully saturated rings. The molecule has 1 amide bonds. The molecule has 186 valence electrons. The first kappa shape index (κ1) is 27.1. The molecule has 0 atom stereocenters. The molecule has 0 N–H and O–H groups in total. The monoisotopic (exact) mass is 487 g/mol. The maximum Gasteiger partial charge on any atom is 0.573 e. The maximum absolute atomic E-state index is 12.8. The van der Waals surface area contributed by atoms with Gasteiger partial charge in [-0.25, -0.2) is 0 Å². The summed E-state index contributed by atoms with van der Waals surface area (Å²) >= 11 is 0. The van der Waals surface area contributed by atoms with Crippen molar-refractivity contribution in [1.29, 1.82) is 0 Å². The Balaban J connectivity index is 0.00000199. The van der Waals surface area contributed by atoms with Crippen molar-refractivity contribution in [3.8, 4) is 11.5 Å². The van der Waals surface area contributed by atoms with Gasteiger partial charge in [0, 0.05) is 18.7 Å². The number of halogens is 5. The zero-order chi connectivity index (χ0) is 25.5. The average molecular weight is 487 g/mol. The Bertz CT molecular complexity index is 956. The van der Waals surface area contributed by atoms with Crippen molar-refractivity contribution in [2.24, 2.45) is 5.92 Å². The van der Waals surface area contributed by atoms with Crippen LogP contribution in [0.25, 0.3) is 0 Å². The van der Waals surface area contributed by atoms with Crippen LogP contribution in [-0.2, 0) is 10.2 Å². The highest BCUT2D eigenvalue weighted by Gasteiger charge is 2.36. The minimum absolute atomic E-state index is 0.0807. The number of benzene rings is 2. The predicted octanol–water partition coefficient (Wildman–Crippen LogP) is 5.83. The van der Waals surface area contributed by atoms with Crippen LogP contribution in [0.3, 0.4) is 0 Å². The number of piperidine rings is 1. The van der Waals surface area contributed by atoms with Crippen LogP contribution in [0.4, 0.5) is 22.0 Å². The third kappa shape index (κ3) is 7.16. The fourth-order valence-electron chi connectivity index (χ4n) is 4.12. The smallest absolute Gasteiger partial charge is 0.435 e. The van der Waals surface area contributed by atoms with Crippen LogP contribution in [0, 0.1) is 5.92 Å². The van der Waals surface area contributed by atoms with Gasteiger partial charge in [-0.05, 0) is 60.1 Å². The minimum Gasteiger partial charge on any atom is -0.435 e. The Kier molecular flexibility index (Phi) is 9.00. The first-order valence-electron chi connectivity index (χ1n) is 10.4. The molecule has 1 aliphatic heterocycles. The number of amides is 1. The lowest BCUT2D eigenvalue weighted by atomic mass is 9.69. The molecule has 1 saturated heterocycles. The SMILES string of the molecule is C=O.CC(C)(c1cccc(OC(F)(F)F)c1)C1CCN(C(=O)c2cccc(OC(F)F)c2)CC1. The fraction of sp³-hybridized carbons (Fsp3) is 0.417. The number of likely N-dealkylation sites (tertiary alicyclic amines) is 1. The van der Waals surface area contributed by atoms with Gasteiger partial charge in [0.2, 0.25) is 0 Å². The Morgan fingerprint density at radius 1 is 1.00 bits per heavy atom. The lowest BCUT2D eigenvalue weighted by Gasteiger charge is -2.41. The zero-order valence-corrected chi connectivity index (χ0v) is 18.8. The molecule has 0 aliphatic carbocycles. The van der Waals surface area contributed by atoms with Crippen molar-refractivity contribution in [2.45, 2.75) is 45.1 Å². The van der Waals surface area contributed by atoms with Crippen LogP contribution in [0.15, 0.2) is 48.5 Å². The van der Waals surface area contributed by atoms with Gasteiger partial charge in [0.15, 0.2) is 0 Å². The lowest BCUT2D eigenvalue weighted by molar-refractivity contribution is -0.274. The molecule has 2 aromatic carbocycles. The van der Waals surface area contributed by atoms with E-state index in [0.717, 1.165) is 5.56 Å². The van der Waals surface area contributed by atoms with Crippen LogP contribution >= 0.6 is 0 Å². The van der Waals surface area contributed by atoms with Crippen LogP contribution < -0.4 is 9.47 Å². The number of rotatable bonds is 6. The minimum atomic E-state index is -4.76. The second-order valence-electron chi connectivity index (χ2n) is 8.27. The summed E-state index contributed by atoms with van der Waals surface area (Å²) in [5, 5.41) is 0. The molecule has 0 spiro atoms. The van der Waals surface area contributed by atoms with E-state index in [9.17, 15) is 26.7 Å². The van der Waals surface area contributed by atoms with Gasteiger partial charge >= 0.3 is 13.0 Å². The van der Waals surface area contributed by atoms with Crippen LogP contribution in [0.5, 0.6) is 11.5 Å². The molecule has 0 aromatic heterocycles. The first-order chi connectivity index (χ1) is 16.0. The topological polar surface area (TPSA) is 55.8 Å². The van der Waals surface area contributed by atoms with Crippen LogP contribution in [0.2, 0.25) is 0 Å². The molecular weight excluding hydrogens is 461 g/mol. The maximum atomic E-state index is 12.8. The largest absolute Gasteiger partial charge is 0.573 e. The number of ether oxygens (including phenoxy) is 2. The first-order valence-corrected chi connectivity index (χ1v) is 10.4. The van der Waals surface area contributed by atoms with E-state index in [1.54, 1.807) is 17.0 Å². The van der Waals surface area contributed by atoms with E-state index in [0.29, 0.717) is 25.9 Å². The Labute approximate surface area is 194 Å². The third-order valence-corrected chi connectivity index (χ3v) is 5.92. The molecule has 34 heavy (non-hydrogen) atoms. The average Bonchev–Trinajstić information content (AvgIpc) is 2.79. The van der Waals surface area contributed by atoms with Crippen molar-refractivity contribution in [1.82, 2.24) is 4.90 Å². The molecular formula is C24H26F5NO4. The molecule has 0 unspecified atom stereocenters. The lowest BCUT2D eigenvalue weighted by Crippen LogP contribution is -2.43. The second kappa shape index (κ2) is 11.3. The molecule has 1 heterocycles. The number of carbonyl (C=O) groups excluding carboxylic acids is 2. The van der Waals surface area contributed by atoms with E-state index in [4.69, 9.17) is 4.79 Å². The quantitative estimate of drug-likeness (QED) is 0.481. The summed E-state index contributed by atoms with van der Waals surface area (Å²) < 4.78 is 71.0. The van der Waals surface area contributed by atoms with Gasteiger partial charge in [0.25, 0.3) is 5.91 Å². The zero-order valence-electron chi connectivity index (χ0n) is 18.8. The summed E-state index contributed by atoms with van der Waals surface area (Å²) in [6, 6.07) is 11.6. The number of hydrogen-bond donors (Lipinski definition) is 0. The Morgan fingerprint density at radius 3 is 2.18 bits per heavy atom. The van der Waals surface area contributed by atoms with Crippen LogP contribution in [0.1, 0.15) is 42.6 Å². The van der Waals surface area contributed by atoms with Gasteiger partial charge in [-0.2, -0.15) is 8.78 Å². The van der Waals surface area contributed by atoms with E-state index in [1.807, 2.05) is 20.6 Å². The van der Waals surface area contributed by atoms with Crippen molar-refractivity contribution in [2.75, 3.05) is 13.1 Å². The van der Waals surface area contributed by atoms with Crippen LogP contribution in [-0.4, -0.2) is 43.7 Å². The van der Waals surface area contributed by atoms with Crippen molar-refractivity contribution < 1.29 is 41.0 Å². The third-order valence-electron chi connectivity index (χ3n) is 5.92. The predicted molar refractivity (Wildman–Crippen MR) is 115 cm³/mol. The number of hydrogen-bond acceptors (Lipinski definition) is 4. The van der Waals surface area contributed by atoms with E-state index in [2.05, 4.69) is 9.47 Å². The van der Waals surface area contributed by atoms with E-state index in [-0.39, 0.29) is 28.9 Å². The summed E-state index contributed by atoms with van der Waals surface area (Å²) in [5.74, 6) is -0.493. The highest BCUT2D eigenvalue weighted by Crippen LogP contribution is 2.40. The van der Waals surface area contributed by atoms with Gasteiger partial charge in [0.1, 0.15) is 18.3 Å². The normalized spacial score (nSPS) is 14.9. The van der Waals surface area contributed by atoms with Gasteiger partial charge in [-0.15, -0.1) is 13.2 Å². The van der Waals surface area contributed by atoms with Gasteiger partial charge in [0.05, 0.1) is 0 Å². The molecule has 0 bridgehead atoms. The molecule has 5 nitrogen and oxygen atoms in total. The van der Waals surface area contributed by atoms with Crippen molar-refractivity contribution in [3.63, 3.8) is 0 Å². The standard InChI is InChI=1S/C23H24F5NO3.CH2O/c1-22(2,17-6-4-8-19(14-17)32-23(26,27)28)16-9-11-29(12-10-16)20(30)15-5-3-7-18(13-15)31-21(24)25;1-2/h3-8,13-14,16,21H,9-12H2,1-2H3;1H2. The molecule has 10 heteroatoms. The van der Waals surface area contributed by atoms with E-state index < -0.39 is 18.4 Å². The highest BCUT2D eigenvalue weighted by molar-refractivity contribution is 5.94. The van der Waals surface area contributed by atoms with E-state index in [1.165, 1.54) is 36.4 Å². The number of carbonyl (C=O) groups is 2. The number of alkyl halides is 5. The second-order valence-corrected chi connectivity index (χ2v) is 8.27. The number of nitrogens with zero attached hydrogens (tertiary/aromatic N) is 1. The summed E-state index contributed by atoms with van der Waals surface area (Å²) in [7, 11) is 0. The van der Waals surface area contributed by atoms with E-state index >= 15 is 0 Å². The fourth-order valence-corrected chi connectivity index (χ4v) is 4.12. The molecule has 0 saturated carbocycles. The molecule has 3 rings (SSSR count). The highest BCUT2D eigenvalue weighted by atomic mass is 19.4. The summed E-state index contributed by atoms with van der Waals surface area (Å²) in [5.41, 5.74) is 0.546. The Morgan fingerprint density at radius 2 is 1.59 bits per heavy atom. The summed E-state index contributed by atoms with van der Waals surface area (Å²) in [6.45, 7) is 3.86. The Hall–Kier alpha value is -3.17. The van der Waals surface area contributed by atoms with Gasteiger partial charge in [-0.3, -0.25) is 4.79 Å².